The number of alkyl halides is 3. The van der Waals surface area contributed by atoms with E-state index in [9.17, 15) is 22.8 Å². The van der Waals surface area contributed by atoms with Crippen LogP contribution < -0.4 is 19.7 Å². The maximum atomic E-state index is 13.5. The number of halogens is 3. The number of ether oxygens (including phenoxy) is 2. The summed E-state index contributed by atoms with van der Waals surface area (Å²) in [6.07, 6.45) is -4.80. The number of hydrogen-bond donors (Lipinski definition) is 1. The van der Waals surface area contributed by atoms with Crippen LogP contribution in [0.2, 0.25) is 0 Å². The van der Waals surface area contributed by atoms with Gasteiger partial charge in [0.25, 0.3) is 0 Å². The molecule has 0 aromatic heterocycles. The Bertz CT molecular complexity index is 1210. The molecule has 0 radical (unpaired) electrons. The molecule has 0 spiro atoms. The zero-order valence-electron chi connectivity index (χ0n) is 19.0. The Balaban J connectivity index is 1.72. The zero-order valence-corrected chi connectivity index (χ0v) is 19.0. The number of anilines is 2. The summed E-state index contributed by atoms with van der Waals surface area (Å²) in [6, 6.07) is 17.7. The van der Waals surface area contributed by atoms with Crippen molar-refractivity contribution in [3.63, 3.8) is 0 Å². The molecule has 0 saturated carbocycles. The van der Waals surface area contributed by atoms with Gasteiger partial charge in [-0.2, -0.15) is 13.2 Å². The zero-order chi connectivity index (χ0) is 25.2. The number of benzene rings is 3. The molecule has 3 aromatic carbocycles. The van der Waals surface area contributed by atoms with Gasteiger partial charge in [-0.25, -0.2) is 0 Å². The highest BCUT2D eigenvalue weighted by atomic mass is 19.4. The van der Waals surface area contributed by atoms with Crippen molar-refractivity contribution in [3.8, 4) is 11.5 Å². The maximum absolute atomic E-state index is 13.5. The van der Waals surface area contributed by atoms with Crippen LogP contribution in [0, 0.1) is 5.92 Å². The summed E-state index contributed by atoms with van der Waals surface area (Å²) in [6.45, 7) is 0. The molecule has 3 aromatic rings. The molecule has 2 atom stereocenters. The van der Waals surface area contributed by atoms with Crippen LogP contribution in [0.4, 0.5) is 24.5 Å². The van der Waals surface area contributed by atoms with E-state index in [-0.39, 0.29) is 18.0 Å². The molecule has 4 rings (SSSR count). The van der Waals surface area contributed by atoms with Crippen molar-refractivity contribution in [2.75, 3.05) is 24.4 Å². The Hall–Kier alpha value is -4.01. The fraction of sp³-hybridized carbons (Fsp3) is 0.231. The van der Waals surface area contributed by atoms with E-state index in [1.807, 2.05) is 0 Å². The molecule has 6 nitrogen and oxygen atoms in total. The van der Waals surface area contributed by atoms with Gasteiger partial charge in [-0.05, 0) is 54.1 Å². The second-order valence-corrected chi connectivity index (χ2v) is 8.02. The van der Waals surface area contributed by atoms with Gasteiger partial charge in [-0.1, -0.05) is 24.3 Å². The molecule has 1 N–H and O–H groups in total. The van der Waals surface area contributed by atoms with E-state index in [1.165, 1.54) is 37.3 Å². The molecule has 2 unspecified atom stereocenters. The van der Waals surface area contributed by atoms with Crippen LogP contribution in [0.25, 0.3) is 0 Å². The van der Waals surface area contributed by atoms with E-state index >= 15 is 0 Å². The van der Waals surface area contributed by atoms with Crippen LogP contribution in [0.3, 0.4) is 0 Å². The monoisotopic (exact) mass is 484 g/mol. The van der Waals surface area contributed by atoms with Crippen LogP contribution in [0.1, 0.15) is 23.6 Å². The Labute approximate surface area is 200 Å². The molecule has 1 fully saturated rings. The number of nitrogens with one attached hydrogen (secondary N) is 1. The van der Waals surface area contributed by atoms with Gasteiger partial charge in [-0.15, -0.1) is 0 Å². The molecule has 1 aliphatic heterocycles. The van der Waals surface area contributed by atoms with E-state index in [4.69, 9.17) is 9.47 Å². The third-order valence-corrected chi connectivity index (χ3v) is 5.96. The predicted molar refractivity (Wildman–Crippen MR) is 124 cm³/mol. The summed E-state index contributed by atoms with van der Waals surface area (Å²) in [4.78, 5) is 28.0. The minimum atomic E-state index is -4.64. The SMILES string of the molecule is COc1ccc(C2C(C(=O)Nc3ccccc3C(F)(F)F)CC(=O)N2c2ccc(OC)cc2)cc1. The van der Waals surface area contributed by atoms with Gasteiger partial charge in [-0.3, -0.25) is 9.59 Å². The number of carbonyl (C=O) groups is 2. The molecule has 9 heteroatoms. The first kappa shape index (κ1) is 24.1. The number of methoxy groups -OCH3 is 2. The fourth-order valence-electron chi connectivity index (χ4n) is 4.26. The number of rotatable bonds is 6. The number of amides is 2. The molecule has 2 amide bonds. The summed E-state index contributed by atoms with van der Waals surface area (Å²) in [5.74, 6) is -0.736. The van der Waals surface area contributed by atoms with Crippen molar-refractivity contribution >= 4 is 23.2 Å². The predicted octanol–water partition coefficient (Wildman–Crippen LogP) is 5.46. The van der Waals surface area contributed by atoms with Crippen molar-refractivity contribution in [2.45, 2.75) is 18.6 Å². The Kier molecular flexibility index (Phi) is 6.68. The highest BCUT2D eigenvalue weighted by Crippen LogP contribution is 2.43. The molecular weight excluding hydrogens is 461 g/mol. The minimum Gasteiger partial charge on any atom is -0.497 e. The standard InChI is InChI=1S/C26H23F3N2O4/c1-34-18-11-7-16(8-12-18)24-20(15-23(32)31(24)17-9-13-19(35-2)14-10-17)25(33)30-22-6-4-3-5-21(22)26(27,28)29/h3-14,20,24H,15H2,1-2H3,(H,30,33). The van der Waals surface area contributed by atoms with Crippen molar-refractivity contribution in [1.82, 2.24) is 0 Å². The molecule has 0 bridgehead atoms. The molecule has 0 aliphatic carbocycles. The molecule has 182 valence electrons. The van der Waals surface area contributed by atoms with E-state index in [1.54, 1.807) is 48.5 Å². The highest BCUT2D eigenvalue weighted by Gasteiger charge is 2.46. The number of nitrogens with zero attached hydrogens (tertiary/aromatic N) is 1. The summed E-state index contributed by atoms with van der Waals surface area (Å²) in [5.41, 5.74) is -0.112. The Morgan fingerprint density at radius 2 is 1.49 bits per heavy atom. The number of hydrogen-bond acceptors (Lipinski definition) is 4. The average molecular weight is 484 g/mol. The number of carbonyl (C=O) groups excluding carboxylic acids is 2. The average Bonchev–Trinajstić information content (AvgIpc) is 3.21. The summed E-state index contributed by atoms with van der Waals surface area (Å²) >= 11 is 0. The highest BCUT2D eigenvalue weighted by molar-refractivity contribution is 6.05. The van der Waals surface area contributed by atoms with Crippen molar-refractivity contribution < 1.29 is 32.2 Å². The quantitative estimate of drug-likeness (QED) is 0.505. The van der Waals surface area contributed by atoms with E-state index < -0.39 is 29.6 Å². The van der Waals surface area contributed by atoms with Crippen LogP contribution in [-0.2, 0) is 15.8 Å². The first-order valence-corrected chi connectivity index (χ1v) is 10.8. The molecule has 1 saturated heterocycles. The topological polar surface area (TPSA) is 67.9 Å². The lowest BCUT2D eigenvalue weighted by Crippen LogP contribution is -2.32. The van der Waals surface area contributed by atoms with Gasteiger partial charge in [0, 0.05) is 12.1 Å². The first-order valence-electron chi connectivity index (χ1n) is 10.8. The third-order valence-electron chi connectivity index (χ3n) is 5.96. The second kappa shape index (κ2) is 9.69. The van der Waals surface area contributed by atoms with E-state index in [0.29, 0.717) is 22.7 Å². The van der Waals surface area contributed by atoms with Crippen LogP contribution in [0.5, 0.6) is 11.5 Å². The molecular formula is C26H23F3N2O4. The van der Waals surface area contributed by atoms with Gasteiger partial charge in [0.2, 0.25) is 11.8 Å². The normalized spacial score (nSPS) is 17.9. The van der Waals surface area contributed by atoms with E-state index in [0.717, 1.165) is 6.07 Å². The van der Waals surface area contributed by atoms with Crippen LogP contribution >= 0.6 is 0 Å². The van der Waals surface area contributed by atoms with Crippen molar-refractivity contribution in [2.24, 2.45) is 5.92 Å². The van der Waals surface area contributed by atoms with Gasteiger partial charge in [0.1, 0.15) is 11.5 Å². The fourth-order valence-corrected chi connectivity index (χ4v) is 4.26. The summed E-state index contributed by atoms with van der Waals surface area (Å²) in [5, 5.41) is 2.41. The van der Waals surface area contributed by atoms with Crippen LogP contribution in [0.15, 0.2) is 72.8 Å². The molecule has 1 heterocycles. The van der Waals surface area contributed by atoms with Gasteiger partial charge >= 0.3 is 6.18 Å². The van der Waals surface area contributed by atoms with Crippen molar-refractivity contribution in [1.29, 1.82) is 0 Å². The largest absolute Gasteiger partial charge is 0.497 e. The van der Waals surface area contributed by atoms with Gasteiger partial charge < -0.3 is 19.7 Å². The Morgan fingerprint density at radius 3 is 2.06 bits per heavy atom. The van der Waals surface area contributed by atoms with Gasteiger partial charge in [0.15, 0.2) is 0 Å². The summed E-state index contributed by atoms with van der Waals surface area (Å²) in [7, 11) is 3.04. The van der Waals surface area contributed by atoms with E-state index in [2.05, 4.69) is 5.32 Å². The lowest BCUT2D eigenvalue weighted by Gasteiger charge is -2.29. The lowest BCUT2D eigenvalue weighted by atomic mass is 9.92. The summed E-state index contributed by atoms with van der Waals surface area (Å²) < 4.78 is 50.8. The lowest BCUT2D eigenvalue weighted by molar-refractivity contribution is -0.137. The molecule has 35 heavy (non-hydrogen) atoms. The second-order valence-electron chi connectivity index (χ2n) is 8.02. The molecule has 1 aliphatic rings. The van der Waals surface area contributed by atoms with Gasteiger partial charge in [0.05, 0.1) is 37.4 Å². The first-order chi connectivity index (χ1) is 16.7. The number of para-hydroxylation sites is 1. The van der Waals surface area contributed by atoms with Crippen LogP contribution in [-0.4, -0.2) is 26.0 Å². The maximum Gasteiger partial charge on any atom is 0.418 e. The third kappa shape index (κ3) is 4.94. The minimum absolute atomic E-state index is 0.164. The van der Waals surface area contributed by atoms with Crippen molar-refractivity contribution in [3.05, 3.63) is 83.9 Å². The Morgan fingerprint density at radius 1 is 0.914 bits per heavy atom. The smallest absolute Gasteiger partial charge is 0.418 e.